The molecule has 0 saturated carbocycles. The van der Waals surface area contributed by atoms with E-state index in [1.54, 1.807) is 0 Å². The first-order valence-electron chi connectivity index (χ1n) is 6.21. The molecule has 0 aliphatic carbocycles. The van der Waals surface area contributed by atoms with Crippen LogP contribution in [-0.4, -0.2) is 26.1 Å². The number of thioether (sulfide) groups is 1. The molecule has 90 valence electrons. The van der Waals surface area contributed by atoms with Gasteiger partial charge < -0.3 is 0 Å². The predicted molar refractivity (Wildman–Crippen MR) is 71.5 cm³/mol. The fourth-order valence-electron chi connectivity index (χ4n) is 2.46. The van der Waals surface area contributed by atoms with Crippen LogP contribution in [-0.2, 0) is 6.42 Å². The monoisotopic (exact) mass is 247 g/mol. The van der Waals surface area contributed by atoms with Crippen molar-refractivity contribution in [1.29, 1.82) is 0 Å². The number of aromatic nitrogens is 3. The van der Waals surface area contributed by atoms with E-state index in [4.69, 9.17) is 0 Å². The molecule has 1 fully saturated rings. The number of hydrogen-bond donors (Lipinski definition) is 0. The molecule has 3 rings (SSSR count). The molecule has 4 heteroatoms. The molecule has 0 N–H and O–H groups in total. The van der Waals surface area contributed by atoms with Gasteiger partial charge in [-0.05, 0) is 48.8 Å². The van der Waals surface area contributed by atoms with Crippen molar-refractivity contribution >= 4 is 17.4 Å². The number of hydrogen-bond acceptors (Lipinski definition) is 3. The van der Waals surface area contributed by atoms with Crippen molar-refractivity contribution in [3.05, 3.63) is 29.7 Å². The summed E-state index contributed by atoms with van der Waals surface area (Å²) in [6.45, 7) is 2.09. The van der Waals surface area contributed by atoms with Crippen molar-refractivity contribution in [3.8, 4) is 0 Å². The van der Waals surface area contributed by atoms with Crippen LogP contribution in [0.4, 0.5) is 0 Å². The van der Waals surface area contributed by atoms with Crippen LogP contribution in [0.2, 0.25) is 0 Å². The van der Waals surface area contributed by atoms with Crippen molar-refractivity contribution < 1.29 is 0 Å². The molecule has 2 aromatic rings. The Morgan fingerprint density at radius 2 is 2.41 bits per heavy atom. The van der Waals surface area contributed by atoms with Gasteiger partial charge in [0.15, 0.2) is 5.65 Å². The fraction of sp³-hybridized carbons (Fsp3) is 0.538. The molecule has 0 bridgehead atoms. The molecule has 1 aliphatic rings. The molecular formula is C13H17N3S. The molecule has 1 saturated heterocycles. The highest BCUT2D eigenvalue weighted by Gasteiger charge is 2.17. The average Bonchev–Trinajstić information content (AvgIpc) is 2.76. The van der Waals surface area contributed by atoms with Gasteiger partial charge in [0.05, 0.1) is 0 Å². The number of pyridine rings is 1. The highest BCUT2D eigenvalue weighted by Crippen LogP contribution is 2.25. The molecular weight excluding hydrogens is 230 g/mol. The first-order valence-corrected chi connectivity index (χ1v) is 7.37. The minimum absolute atomic E-state index is 0.779. The van der Waals surface area contributed by atoms with Gasteiger partial charge in [0.25, 0.3) is 0 Å². The van der Waals surface area contributed by atoms with Crippen LogP contribution in [0, 0.1) is 12.8 Å². The Bertz CT molecular complexity index is 514. The maximum atomic E-state index is 4.35. The second-order valence-corrected chi connectivity index (χ2v) is 5.94. The highest BCUT2D eigenvalue weighted by molar-refractivity contribution is 7.99. The molecule has 1 aliphatic heterocycles. The van der Waals surface area contributed by atoms with E-state index in [0.29, 0.717) is 0 Å². The first-order chi connectivity index (χ1) is 8.34. The lowest BCUT2D eigenvalue weighted by Crippen LogP contribution is -2.14. The Morgan fingerprint density at radius 3 is 3.24 bits per heavy atom. The zero-order valence-electron chi connectivity index (χ0n) is 10.1. The van der Waals surface area contributed by atoms with Crippen molar-refractivity contribution in [3.63, 3.8) is 0 Å². The third-order valence-electron chi connectivity index (χ3n) is 3.43. The topological polar surface area (TPSA) is 30.2 Å². The van der Waals surface area contributed by atoms with E-state index >= 15 is 0 Å². The van der Waals surface area contributed by atoms with E-state index in [1.165, 1.54) is 29.9 Å². The summed E-state index contributed by atoms with van der Waals surface area (Å²) in [5.74, 6) is 4.51. The van der Waals surface area contributed by atoms with Gasteiger partial charge in [-0.2, -0.15) is 11.8 Å². The second kappa shape index (κ2) is 4.69. The molecule has 0 spiro atoms. The Kier molecular flexibility index (Phi) is 3.05. The summed E-state index contributed by atoms with van der Waals surface area (Å²) in [4.78, 5) is 0. The largest absolute Gasteiger partial charge is 0.286 e. The van der Waals surface area contributed by atoms with E-state index in [0.717, 1.165) is 23.8 Å². The van der Waals surface area contributed by atoms with Crippen molar-refractivity contribution in [2.24, 2.45) is 5.92 Å². The minimum Gasteiger partial charge on any atom is -0.286 e. The van der Waals surface area contributed by atoms with Crippen LogP contribution in [0.25, 0.3) is 5.65 Å². The number of rotatable bonds is 2. The Hall–Kier alpha value is -1.03. The van der Waals surface area contributed by atoms with Crippen LogP contribution in [0.1, 0.15) is 24.2 Å². The lowest BCUT2D eigenvalue weighted by molar-refractivity contribution is 0.506. The van der Waals surface area contributed by atoms with Crippen LogP contribution < -0.4 is 0 Å². The normalized spacial score (nSPS) is 20.9. The lowest BCUT2D eigenvalue weighted by atomic mass is 10.0. The standard InChI is InChI=1S/C13H17N3S/c1-10-4-2-6-16-12(14-15-13(10)16)8-11-5-3-7-17-9-11/h2,4,6,11H,3,5,7-9H2,1H3. The summed E-state index contributed by atoms with van der Waals surface area (Å²) in [6, 6.07) is 4.16. The van der Waals surface area contributed by atoms with Crippen LogP contribution in [0.15, 0.2) is 18.3 Å². The first kappa shape index (κ1) is 11.1. The third kappa shape index (κ3) is 2.18. The zero-order chi connectivity index (χ0) is 11.7. The van der Waals surface area contributed by atoms with Crippen LogP contribution in [0.3, 0.4) is 0 Å². The Morgan fingerprint density at radius 1 is 1.47 bits per heavy atom. The number of fused-ring (bicyclic) bond motifs is 1. The molecule has 0 aromatic carbocycles. The fourth-order valence-corrected chi connectivity index (χ4v) is 3.62. The average molecular weight is 247 g/mol. The van der Waals surface area contributed by atoms with Gasteiger partial charge >= 0.3 is 0 Å². The number of aryl methyl sites for hydroxylation is 1. The van der Waals surface area contributed by atoms with Crippen molar-refractivity contribution in [2.45, 2.75) is 26.2 Å². The summed E-state index contributed by atoms with van der Waals surface area (Å²) >= 11 is 2.08. The highest BCUT2D eigenvalue weighted by atomic mass is 32.2. The Balaban J connectivity index is 1.87. The molecule has 1 unspecified atom stereocenters. The summed E-state index contributed by atoms with van der Waals surface area (Å²) in [7, 11) is 0. The number of nitrogens with zero attached hydrogens (tertiary/aromatic N) is 3. The van der Waals surface area contributed by atoms with E-state index in [1.807, 2.05) is 0 Å². The van der Waals surface area contributed by atoms with E-state index < -0.39 is 0 Å². The van der Waals surface area contributed by atoms with Gasteiger partial charge in [0.1, 0.15) is 5.82 Å². The van der Waals surface area contributed by atoms with Crippen molar-refractivity contribution in [2.75, 3.05) is 11.5 Å². The third-order valence-corrected chi connectivity index (χ3v) is 4.71. The molecule has 0 radical (unpaired) electrons. The summed E-state index contributed by atoms with van der Waals surface area (Å²) in [6.07, 6.45) is 5.84. The Labute approximate surface area is 106 Å². The zero-order valence-corrected chi connectivity index (χ0v) is 10.9. The van der Waals surface area contributed by atoms with Gasteiger partial charge in [-0.1, -0.05) is 6.07 Å². The van der Waals surface area contributed by atoms with Crippen LogP contribution >= 0.6 is 11.8 Å². The van der Waals surface area contributed by atoms with E-state index in [-0.39, 0.29) is 0 Å². The predicted octanol–water partition coefficient (Wildman–Crippen LogP) is 2.72. The summed E-state index contributed by atoms with van der Waals surface area (Å²) < 4.78 is 2.15. The minimum atomic E-state index is 0.779. The van der Waals surface area contributed by atoms with Crippen LogP contribution in [0.5, 0.6) is 0 Å². The maximum absolute atomic E-state index is 4.35. The maximum Gasteiger partial charge on any atom is 0.163 e. The van der Waals surface area contributed by atoms with Gasteiger partial charge in [-0.3, -0.25) is 4.40 Å². The SMILES string of the molecule is Cc1cccn2c(CC3CCCSC3)nnc12. The summed E-state index contributed by atoms with van der Waals surface area (Å²) in [5, 5.41) is 8.64. The molecule has 0 amide bonds. The molecule has 1 atom stereocenters. The molecule has 3 nitrogen and oxygen atoms in total. The quantitative estimate of drug-likeness (QED) is 0.817. The van der Waals surface area contributed by atoms with Gasteiger partial charge in [0, 0.05) is 12.6 Å². The summed E-state index contributed by atoms with van der Waals surface area (Å²) in [5.41, 5.74) is 2.20. The molecule has 2 aromatic heterocycles. The second-order valence-electron chi connectivity index (χ2n) is 4.79. The molecule has 3 heterocycles. The van der Waals surface area contributed by atoms with Gasteiger partial charge in [-0.25, -0.2) is 0 Å². The molecule has 17 heavy (non-hydrogen) atoms. The van der Waals surface area contributed by atoms with E-state index in [2.05, 4.69) is 51.6 Å². The lowest BCUT2D eigenvalue weighted by Gasteiger charge is -2.20. The van der Waals surface area contributed by atoms with Gasteiger partial charge in [-0.15, -0.1) is 10.2 Å². The smallest absolute Gasteiger partial charge is 0.163 e. The van der Waals surface area contributed by atoms with Crippen molar-refractivity contribution in [1.82, 2.24) is 14.6 Å². The van der Waals surface area contributed by atoms with Gasteiger partial charge in [0.2, 0.25) is 0 Å². The van der Waals surface area contributed by atoms with E-state index in [9.17, 15) is 0 Å².